The molecule has 0 aromatic heterocycles. The van der Waals surface area contributed by atoms with Crippen LogP contribution in [-0.4, -0.2) is 12.7 Å². The van der Waals surface area contributed by atoms with Crippen molar-refractivity contribution in [2.24, 2.45) is 11.3 Å². The van der Waals surface area contributed by atoms with E-state index in [0.29, 0.717) is 11.5 Å². The van der Waals surface area contributed by atoms with Crippen LogP contribution < -0.4 is 0 Å². The lowest BCUT2D eigenvalue weighted by Crippen LogP contribution is -2.35. The summed E-state index contributed by atoms with van der Waals surface area (Å²) in [6.45, 7) is 10.2. The van der Waals surface area contributed by atoms with Crippen LogP contribution in [0, 0.1) is 11.3 Å². The maximum absolute atomic E-state index is 5.52. The first-order chi connectivity index (χ1) is 5.04. The summed E-state index contributed by atoms with van der Waals surface area (Å²) in [7, 11) is 0. The van der Waals surface area contributed by atoms with Crippen molar-refractivity contribution in [3.63, 3.8) is 0 Å². The highest BCUT2D eigenvalue weighted by Crippen LogP contribution is 2.39. The smallest absolute Gasteiger partial charge is 0.0552 e. The van der Waals surface area contributed by atoms with Gasteiger partial charge in [0, 0.05) is 6.61 Å². The summed E-state index contributed by atoms with van der Waals surface area (Å²) in [6.07, 6.45) is 2.93. The third-order valence-electron chi connectivity index (χ3n) is 3.22. The van der Waals surface area contributed by atoms with Gasteiger partial charge >= 0.3 is 0 Å². The van der Waals surface area contributed by atoms with Gasteiger partial charge in [-0.1, -0.05) is 20.8 Å². The van der Waals surface area contributed by atoms with E-state index in [9.17, 15) is 0 Å². The van der Waals surface area contributed by atoms with Crippen LogP contribution in [0.4, 0.5) is 0 Å². The minimum Gasteiger partial charge on any atom is -0.378 e. The van der Waals surface area contributed by atoms with Gasteiger partial charge in [-0.05, 0) is 31.1 Å². The molecule has 1 heteroatoms. The first-order valence-corrected chi connectivity index (χ1v) is 4.66. The van der Waals surface area contributed by atoms with E-state index in [1.807, 2.05) is 0 Å². The minimum absolute atomic E-state index is 0.469. The monoisotopic (exact) mass is 156 g/mol. The lowest BCUT2D eigenvalue weighted by molar-refractivity contribution is -0.0495. The van der Waals surface area contributed by atoms with Gasteiger partial charge in [-0.25, -0.2) is 0 Å². The van der Waals surface area contributed by atoms with Gasteiger partial charge in [0.1, 0.15) is 0 Å². The predicted molar refractivity (Wildman–Crippen MR) is 47.6 cm³/mol. The molecule has 0 aromatic rings. The van der Waals surface area contributed by atoms with E-state index in [1.165, 1.54) is 12.8 Å². The fourth-order valence-electron chi connectivity index (χ4n) is 1.84. The molecule has 0 radical (unpaired) electrons. The van der Waals surface area contributed by atoms with Crippen molar-refractivity contribution < 1.29 is 4.74 Å². The molecular weight excluding hydrogens is 136 g/mol. The zero-order valence-corrected chi connectivity index (χ0v) is 8.18. The SMILES string of the molecule is CC(C)[C@]1(C)CCO[C@@H](C)C1. The minimum atomic E-state index is 0.469. The van der Waals surface area contributed by atoms with Crippen molar-refractivity contribution in [1.82, 2.24) is 0 Å². The zero-order chi connectivity index (χ0) is 8.48. The molecule has 0 unspecified atom stereocenters. The zero-order valence-electron chi connectivity index (χ0n) is 8.18. The van der Waals surface area contributed by atoms with E-state index in [2.05, 4.69) is 27.7 Å². The van der Waals surface area contributed by atoms with E-state index >= 15 is 0 Å². The van der Waals surface area contributed by atoms with E-state index in [4.69, 9.17) is 4.74 Å². The second-order valence-electron chi connectivity index (χ2n) is 4.44. The third-order valence-corrected chi connectivity index (χ3v) is 3.22. The van der Waals surface area contributed by atoms with Crippen LogP contribution in [-0.2, 0) is 4.74 Å². The van der Waals surface area contributed by atoms with Crippen LogP contribution in [0.5, 0.6) is 0 Å². The van der Waals surface area contributed by atoms with Gasteiger partial charge in [-0.15, -0.1) is 0 Å². The van der Waals surface area contributed by atoms with Crippen LogP contribution in [0.1, 0.15) is 40.5 Å². The first-order valence-electron chi connectivity index (χ1n) is 4.66. The van der Waals surface area contributed by atoms with Crippen molar-refractivity contribution in [2.75, 3.05) is 6.61 Å². The fourth-order valence-corrected chi connectivity index (χ4v) is 1.84. The van der Waals surface area contributed by atoms with Gasteiger partial charge in [-0.2, -0.15) is 0 Å². The average molecular weight is 156 g/mol. The molecule has 1 aliphatic heterocycles. The molecule has 66 valence electrons. The maximum Gasteiger partial charge on any atom is 0.0552 e. The number of hydrogen-bond donors (Lipinski definition) is 0. The van der Waals surface area contributed by atoms with Crippen LogP contribution in [0.3, 0.4) is 0 Å². The highest BCUT2D eigenvalue weighted by Gasteiger charge is 2.33. The molecule has 1 heterocycles. The average Bonchev–Trinajstić information content (AvgIpc) is 1.86. The van der Waals surface area contributed by atoms with Gasteiger partial charge in [0.2, 0.25) is 0 Å². The lowest BCUT2D eigenvalue weighted by Gasteiger charge is -2.40. The van der Waals surface area contributed by atoms with E-state index < -0.39 is 0 Å². The van der Waals surface area contributed by atoms with Gasteiger partial charge in [0.25, 0.3) is 0 Å². The van der Waals surface area contributed by atoms with Crippen LogP contribution in [0.15, 0.2) is 0 Å². The van der Waals surface area contributed by atoms with Crippen LogP contribution >= 0.6 is 0 Å². The van der Waals surface area contributed by atoms with E-state index in [1.54, 1.807) is 0 Å². The molecule has 0 N–H and O–H groups in total. The molecule has 0 aliphatic carbocycles. The summed E-state index contributed by atoms with van der Waals surface area (Å²) in [4.78, 5) is 0. The van der Waals surface area contributed by atoms with E-state index in [0.717, 1.165) is 12.5 Å². The standard InChI is InChI=1S/C10H20O/c1-8(2)10(4)5-6-11-9(3)7-10/h8-9H,5-7H2,1-4H3/t9-,10+/m0/s1. The Hall–Kier alpha value is -0.0400. The number of ether oxygens (including phenoxy) is 1. The largest absolute Gasteiger partial charge is 0.378 e. The lowest BCUT2D eigenvalue weighted by atomic mass is 9.71. The molecule has 1 rings (SSSR count). The normalized spacial score (nSPS) is 39.5. The quantitative estimate of drug-likeness (QED) is 0.567. The highest BCUT2D eigenvalue weighted by atomic mass is 16.5. The Morgan fingerprint density at radius 2 is 2.09 bits per heavy atom. The Balaban J connectivity index is 2.55. The molecule has 0 amide bonds. The molecule has 0 bridgehead atoms. The van der Waals surface area contributed by atoms with Gasteiger partial charge in [-0.3, -0.25) is 0 Å². The topological polar surface area (TPSA) is 9.23 Å². The summed E-state index contributed by atoms with van der Waals surface area (Å²) in [5.41, 5.74) is 0.525. The Labute approximate surface area is 70.1 Å². The van der Waals surface area contributed by atoms with Crippen LogP contribution in [0.2, 0.25) is 0 Å². The Bertz CT molecular complexity index is 131. The van der Waals surface area contributed by atoms with Crippen molar-refractivity contribution in [2.45, 2.75) is 46.6 Å². The molecule has 11 heavy (non-hydrogen) atoms. The highest BCUT2D eigenvalue weighted by molar-refractivity contribution is 4.82. The maximum atomic E-state index is 5.52. The van der Waals surface area contributed by atoms with Crippen molar-refractivity contribution in [1.29, 1.82) is 0 Å². The Kier molecular flexibility index (Phi) is 2.58. The molecule has 2 atom stereocenters. The van der Waals surface area contributed by atoms with Crippen molar-refractivity contribution in [3.8, 4) is 0 Å². The Morgan fingerprint density at radius 3 is 2.45 bits per heavy atom. The van der Waals surface area contributed by atoms with Crippen molar-refractivity contribution in [3.05, 3.63) is 0 Å². The summed E-state index contributed by atoms with van der Waals surface area (Å²) in [5, 5.41) is 0. The van der Waals surface area contributed by atoms with Gasteiger partial charge in [0.05, 0.1) is 6.10 Å². The number of rotatable bonds is 1. The molecule has 0 spiro atoms. The third kappa shape index (κ3) is 1.96. The molecule has 1 nitrogen and oxygen atoms in total. The summed E-state index contributed by atoms with van der Waals surface area (Å²) >= 11 is 0. The molecule has 1 aliphatic rings. The summed E-state index contributed by atoms with van der Waals surface area (Å²) < 4.78 is 5.52. The molecule has 0 aromatic carbocycles. The molecule has 1 fully saturated rings. The second kappa shape index (κ2) is 3.14. The van der Waals surface area contributed by atoms with Gasteiger partial charge in [0.15, 0.2) is 0 Å². The molecule has 0 saturated carbocycles. The summed E-state index contributed by atoms with van der Waals surface area (Å²) in [5.74, 6) is 0.786. The Morgan fingerprint density at radius 1 is 1.45 bits per heavy atom. The van der Waals surface area contributed by atoms with E-state index in [-0.39, 0.29) is 0 Å². The van der Waals surface area contributed by atoms with Crippen LogP contribution in [0.25, 0.3) is 0 Å². The van der Waals surface area contributed by atoms with Crippen molar-refractivity contribution >= 4 is 0 Å². The summed E-state index contributed by atoms with van der Waals surface area (Å²) in [6, 6.07) is 0. The molecule has 1 saturated heterocycles. The van der Waals surface area contributed by atoms with Gasteiger partial charge < -0.3 is 4.74 Å². The predicted octanol–water partition coefficient (Wildman–Crippen LogP) is 2.85. The first kappa shape index (κ1) is 9.05. The second-order valence-corrected chi connectivity index (χ2v) is 4.44. The fraction of sp³-hybridized carbons (Fsp3) is 1.00. The molecular formula is C10H20O. The number of hydrogen-bond acceptors (Lipinski definition) is 1.